The molecule has 8 heteroatoms. The summed E-state index contributed by atoms with van der Waals surface area (Å²) >= 11 is 1.62. The van der Waals surface area contributed by atoms with Crippen molar-refractivity contribution in [1.82, 2.24) is 10.3 Å². The number of ketones is 1. The topological polar surface area (TPSA) is 112 Å². The summed E-state index contributed by atoms with van der Waals surface area (Å²) in [5.41, 5.74) is 0.433. The number of aliphatic hydroxyl groups excluding tert-OH is 2. The molecule has 2 fully saturated rings. The monoisotopic (exact) mass is 520 g/mol. The minimum Gasteiger partial charge on any atom is -0.392 e. The number of carbonyl (C=O) groups is 2. The maximum absolute atomic E-state index is 13.3. The van der Waals surface area contributed by atoms with Gasteiger partial charge in [-0.1, -0.05) is 41.0 Å². The van der Waals surface area contributed by atoms with Gasteiger partial charge in [-0.2, -0.15) is 0 Å². The summed E-state index contributed by atoms with van der Waals surface area (Å²) in [5, 5.41) is 28.0. The number of ether oxygens (including phenoxy) is 1. The molecular weight excluding hydrogens is 476 g/mol. The van der Waals surface area contributed by atoms with E-state index in [1.54, 1.807) is 32.1 Å². The normalized spacial score (nSPS) is 36.8. The fourth-order valence-electron chi connectivity index (χ4n) is 5.30. The zero-order valence-electron chi connectivity index (χ0n) is 22.8. The molecule has 7 atom stereocenters. The van der Waals surface area contributed by atoms with E-state index >= 15 is 0 Å². The number of amides is 1. The van der Waals surface area contributed by atoms with Gasteiger partial charge in [-0.25, -0.2) is 4.98 Å². The van der Waals surface area contributed by atoms with Crippen molar-refractivity contribution < 1.29 is 24.5 Å². The number of nitrogens with one attached hydrogen (secondary N) is 1. The number of aryl methyl sites for hydroxylation is 1. The molecule has 7 nitrogen and oxygen atoms in total. The smallest absolute Gasteiger partial charge is 0.223 e. The van der Waals surface area contributed by atoms with Crippen LogP contribution in [0.1, 0.15) is 91.3 Å². The standard InChI is InChI=1S/C28H44N2O5S/c1-8-24-29-19(15-36-24)12-17(3)20-13-22-28(7,35-22)11-9-10-16(2)25(33)18(4)26(34)27(5,6)21(31)14-23(32)30-20/h12,15-16,18,20-22,25,31,33H,8-11,13-14H2,1-7H3,(H,30,32)/b17-12+/t16-,18+,20?,21-,22-,25-,28+/m0/s1. The minimum absolute atomic E-state index is 0.0165. The number of fused-ring (bicyclic) bond motifs is 1. The van der Waals surface area contributed by atoms with Gasteiger partial charge in [0.05, 0.1) is 52.5 Å². The number of carbonyl (C=O) groups excluding carboxylic acids is 2. The van der Waals surface area contributed by atoms with Crippen LogP contribution in [0.2, 0.25) is 0 Å². The fraction of sp³-hybridized carbons (Fsp3) is 0.750. The number of aliphatic hydroxyl groups is 2. The average Bonchev–Trinajstić information content (AvgIpc) is 3.23. The van der Waals surface area contributed by atoms with Gasteiger partial charge in [0.15, 0.2) is 0 Å². The van der Waals surface area contributed by atoms with E-state index < -0.39 is 23.5 Å². The molecule has 1 aromatic rings. The molecule has 3 heterocycles. The molecule has 0 aliphatic carbocycles. The summed E-state index contributed by atoms with van der Waals surface area (Å²) < 4.78 is 6.11. The Morgan fingerprint density at radius 2 is 1.97 bits per heavy atom. The molecule has 2 aliphatic rings. The highest BCUT2D eigenvalue weighted by Crippen LogP contribution is 2.44. The van der Waals surface area contributed by atoms with E-state index in [0.29, 0.717) is 6.42 Å². The lowest BCUT2D eigenvalue weighted by Crippen LogP contribution is -2.47. The first-order chi connectivity index (χ1) is 16.8. The lowest BCUT2D eigenvalue weighted by molar-refractivity contribution is -0.143. The third-order valence-electron chi connectivity index (χ3n) is 8.31. The van der Waals surface area contributed by atoms with E-state index in [1.165, 1.54) is 0 Å². The van der Waals surface area contributed by atoms with Crippen molar-refractivity contribution in [3.05, 3.63) is 21.7 Å². The molecule has 2 aliphatic heterocycles. The van der Waals surface area contributed by atoms with E-state index in [2.05, 4.69) is 24.1 Å². The number of thiazole rings is 1. The number of aromatic nitrogens is 1. The Bertz CT molecular complexity index is 973. The number of hydrogen-bond acceptors (Lipinski definition) is 7. The minimum atomic E-state index is -1.17. The number of rotatable bonds is 3. The summed E-state index contributed by atoms with van der Waals surface area (Å²) in [7, 11) is 0. The van der Waals surface area contributed by atoms with Crippen LogP contribution in [0.15, 0.2) is 11.0 Å². The van der Waals surface area contributed by atoms with E-state index in [1.807, 2.05) is 25.3 Å². The van der Waals surface area contributed by atoms with Crippen LogP contribution in [0, 0.1) is 17.3 Å². The Morgan fingerprint density at radius 1 is 1.28 bits per heavy atom. The predicted molar refractivity (Wildman–Crippen MR) is 143 cm³/mol. The third-order valence-corrected chi connectivity index (χ3v) is 9.32. The van der Waals surface area contributed by atoms with Gasteiger partial charge in [0, 0.05) is 17.7 Å². The summed E-state index contributed by atoms with van der Waals surface area (Å²) in [6.45, 7) is 13.2. The van der Waals surface area contributed by atoms with Crippen molar-refractivity contribution in [3.63, 3.8) is 0 Å². The highest BCUT2D eigenvalue weighted by molar-refractivity contribution is 7.09. The van der Waals surface area contributed by atoms with Crippen LogP contribution < -0.4 is 5.32 Å². The van der Waals surface area contributed by atoms with Crippen molar-refractivity contribution in [2.24, 2.45) is 17.3 Å². The molecule has 1 aromatic heterocycles. The number of nitrogens with zero attached hydrogens (tertiary/aromatic N) is 1. The molecule has 0 spiro atoms. The number of epoxide rings is 1. The van der Waals surface area contributed by atoms with Crippen LogP contribution >= 0.6 is 11.3 Å². The molecule has 0 aromatic carbocycles. The Balaban J connectivity index is 1.85. The van der Waals surface area contributed by atoms with Crippen LogP contribution in [0.3, 0.4) is 0 Å². The lowest BCUT2D eigenvalue weighted by atomic mass is 9.72. The lowest BCUT2D eigenvalue weighted by Gasteiger charge is -2.34. The molecule has 202 valence electrons. The first kappa shape index (κ1) is 29.0. The molecule has 3 N–H and O–H groups in total. The van der Waals surface area contributed by atoms with Crippen LogP contribution in [0.25, 0.3) is 6.08 Å². The highest BCUT2D eigenvalue weighted by Gasteiger charge is 2.52. The van der Waals surface area contributed by atoms with Gasteiger partial charge >= 0.3 is 0 Å². The quantitative estimate of drug-likeness (QED) is 0.512. The van der Waals surface area contributed by atoms with Crippen LogP contribution in [0.4, 0.5) is 0 Å². The number of hydrogen-bond donors (Lipinski definition) is 3. The molecule has 0 radical (unpaired) electrons. The summed E-state index contributed by atoms with van der Waals surface area (Å²) in [4.78, 5) is 31.0. The molecule has 2 saturated heterocycles. The van der Waals surface area contributed by atoms with E-state index in [4.69, 9.17) is 4.74 Å². The largest absolute Gasteiger partial charge is 0.392 e. The van der Waals surface area contributed by atoms with Crippen LogP contribution in [-0.2, 0) is 20.7 Å². The fourth-order valence-corrected chi connectivity index (χ4v) is 6.00. The second-order valence-electron chi connectivity index (χ2n) is 11.6. The van der Waals surface area contributed by atoms with Gasteiger partial charge in [-0.15, -0.1) is 11.3 Å². The van der Waals surface area contributed by atoms with Gasteiger partial charge in [0.2, 0.25) is 5.91 Å². The first-order valence-corrected chi connectivity index (χ1v) is 14.2. The first-order valence-electron chi connectivity index (χ1n) is 13.3. The van der Waals surface area contributed by atoms with Gasteiger partial charge in [-0.3, -0.25) is 9.59 Å². The SMILES string of the molecule is CCc1nc(/C=C(\C)C2C[C@@H]3O[C@]3(C)CCC[C@H](C)[C@H](O)[C@@H](C)C(=O)C(C)(C)[C@@H](O)CC(=O)N2)cs1. The molecule has 1 unspecified atom stereocenters. The van der Waals surface area contributed by atoms with Crippen molar-refractivity contribution >= 4 is 29.1 Å². The molecule has 1 amide bonds. The zero-order valence-corrected chi connectivity index (χ0v) is 23.7. The predicted octanol–water partition coefficient (Wildman–Crippen LogP) is 4.30. The van der Waals surface area contributed by atoms with E-state index in [-0.39, 0.29) is 41.8 Å². The van der Waals surface area contributed by atoms with E-state index in [9.17, 15) is 19.8 Å². The second-order valence-corrected chi connectivity index (χ2v) is 12.6. The van der Waals surface area contributed by atoms with Crippen LogP contribution in [-0.4, -0.2) is 56.8 Å². The number of Topliss-reactive ketones (excluding diaryl/α,β-unsaturated/α-hetero) is 1. The van der Waals surface area contributed by atoms with Crippen molar-refractivity contribution in [3.8, 4) is 0 Å². The van der Waals surface area contributed by atoms with E-state index in [0.717, 1.165) is 42.0 Å². The average molecular weight is 521 g/mol. The summed E-state index contributed by atoms with van der Waals surface area (Å²) in [5.74, 6) is -1.23. The van der Waals surface area contributed by atoms with Crippen molar-refractivity contribution in [1.29, 1.82) is 0 Å². The zero-order chi connectivity index (χ0) is 26.8. The summed E-state index contributed by atoms with van der Waals surface area (Å²) in [6, 6.07) is -0.269. The van der Waals surface area contributed by atoms with Crippen molar-refractivity contribution in [2.45, 2.75) is 117 Å². The maximum atomic E-state index is 13.3. The Kier molecular flexibility index (Phi) is 9.18. The van der Waals surface area contributed by atoms with Gasteiger partial charge in [0.25, 0.3) is 0 Å². The Labute approximate surface area is 219 Å². The molecule has 36 heavy (non-hydrogen) atoms. The highest BCUT2D eigenvalue weighted by atomic mass is 32.1. The molecule has 3 rings (SSSR count). The van der Waals surface area contributed by atoms with Crippen LogP contribution in [0.5, 0.6) is 0 Å². The Hall–Kier alpha value is -1.61. The molecule has 0 saturated carbocycles. The van der Waals surface area contributed by atoms with Gasteiger partial charge in [0.1, 0.15) is 5.78 Å². The van der Waals surface area contributed by atoms with Gasteiger partial charge < -0.3 is 20.3 Å². The van der Waals surface area contributed by atoms with Crippen molar-refractivity contribution in [2.75, 3.05) is 0 Å². The molecular formula is C28H44N2O5S. The summed E-state index contributed by atoms with van der Waals surface area (Å²) in [6.07, 6.45) is 3.90. The third kappa shape index (κ3) is 6.63. The maximum Gasteiger partial charge on any atom is 0.223 e. The molecule has 0 bridgehead atoms. The Morgan fingerprint density at radius 3 is 2.61 bits per heavy atom. The second kappa shape index (κ2) is 11.4. The van der Waals surface area contributed by atoms with Gasteiger partial charge in [-0.05, 0) is 50.7 Å².